The van der Waals surface area contributed by atoms with Crippen molar-refractivity contribution in [3.05, 3.63) is 22.9 Å². The molecule has 0 aromatic carbocycles. The predicted molar refractivity (Wildman–Crippen MR) is 88.6 cm³/mol. The summed E-state index contributed by atoms with van der Waals surface area (Å²) in [6, 6.07) is 2.15. The van der Waals surface area contributed by atoms with Gasteiger partial charge in [0.1, 0.15) is 10.8 Å². The highest BCUT2D eigenvalue weighted by atomic mass is 32.1. The van der Waals surface area contributed by atoms with Crippen LogP contribution in [0.15, 0.2) is 6.07 Å². The van der Waals surface area contributed by atoms with Gasteiger partial charge in [-0.3, -0.25) is 0 Å². The van der Waals surface area contributed by atoms with Gasteiger partial charge >= 0.3 is 0 Å². The molecule has 0 radical (unpaired) electrons. The molecule has 0 aliphatic heterocycles. The normalized spacial score (nSPS) is 13.6. The maximum absolute atomic E-state index is 5.88. The summed E-state index contributed by atoms with van der Waals surface area (Å²) in [5.74, 6) is 0.942. The van der Waals surface area contributed by atoms with Gasteiger partial charge in [-0.2, -0.15) is 0 Å². The Morgan fingerprint density at radius 2 is 2.05 bits per heavy atom. The first-order valence-corrected chi connectivity index (χ1v) is 7.58. The standard InChI is InChI=1S/C15H24N4S/c1-18(2)8-5-9-19(3)15-12(14(16)20)10-11-6-4-7-13(11)17-15/h10H,4-9H2,1-3H3,(H2,16,20). The lowest BCUT2D eigenvalue weighted by molar-refractivity contribution is 0.401. The molecule has 0 saturated carbocycles. The van der Waals surface area contributed by atoms with Gasteiger partial charge in [-0.05, 0) is 58.0 Å². The Kier molecular flexibility index (Phi) is 4.94. The van der Waals surface area contributed by atoms with E-state index in [-0.39, 0.29) is 0 Å². The van der Waals surface area contributed by atoms with E-state index >= 15 is 0 Å². The van der Waals surface area contributed by atoms with Gasteiger partial charge in [-0.25, -0.2) is 4.98 Å². The van der Waals surface area contributed by atoms with Crippen LogP contribution in [-0.2, 0) is 12.8 Å². The van der Waals surface area contributed by atoms with E-state index < -0.39 is 0 Å². The molecule has 0 unspecified atom stereocenters. The summed E-state index contributed by atoms with van der Waals surface area (Å²) in [7, 11) is 6.25. The number of pyridine rings is 1. The highest BCUT2D eigenvalue weighted by molar-refractivity contribution is 7.80. The van der Waals surface area contributed by atoms with Crippen LogP contribution in [0.5, 0.6) is 0 Å². The summed E-state index contributed by atoms with van der Waals surface area (Å²) in [6.07, 6.45) is 4.46. The number of aromatic nitrogens is 1. The van der Waals surface area contributed by atoms with Crippen molar-refractivity contribution >= 4 is 23.0 Å². The monoisotopic (exact) mass is 292 g/mol. The number of nitrogens with zero attached hydrogens (tertiary/aromatic N) is 3. The number of hydrogen-bond donors (Lipinski definition) is 1. The minimum Gasteiger partial charge on any atom is -0.389 e. The molecule has 0 fully saturated rings. The molecule has 5 heteroatoms. The van der Waals surface area contributed by atoms with Crippen LogP contribution in [0, 0.1) is 0 Å². The van der Waals surface area contributed by atoms with E-state index in [1.54, 1.807) is 0 Å². The molecule has 0 bridgehead atoms. The summed E-state index contributed by atoms with van der Waals surface area (Å²) < 4.78 is 0. The van der Waals surface area contributed by atoms with Gasteiger partial charge in [0.15, 0.2) is 0 Å². The highest BCUT2D eigenvalue weighted by Crippen LogP contribution is 2.27. The molecule has 0 amide bonds. The maximum atomic E-state index is 5.88. The minimum absolute atomic E-state index is 0.446. The van der Waals surface area contributed by atoms with Crippen LogP contribution in [0.3, 0.4) is 0 Å². The molecular weight excluding hydrogens is 268 g/mol. The average molecular weight is 292 g/mol. The molecule has 1 aromatic rings. The van der Waals surface area contributed by atoms with Crippen LogP contribution < -0.4 is 10.6 Å². The van der Waals surface area contributed by atoms with Gasteiger partial charge in [0.05, 0.1) is 5.56 Å². The fourth-order valence-electron chi connectivity index (χ4n) is 2.66. The van der Waals surface area contributed by atoms with E-state index in [1.807, 2.05) is 0 Å². The molecule has 1 heterocycles. The fraction of sp³-hybridized carbons (Fsp3) is 0.600. The summed E-state index contributed by atoms with van der Waals surface area (Å²) in [5.41, 5.74) is 9.34. The first-order chi connectivity index (χ1) is 9.49. The zero-order chi connectivity index (χ0) is 14.7. The molecule has 1 aliphatic rings. The van der Waals surface area contributed by atoms with Gasteiger partial charge in [-0.15, -0.1) is 0 Å². The summed E-state index contributed by atoms with van der Waals surface area (Å²) in [6.45, 7) is 2.03. The van der Waals surface area contributed by atoms with Gasteiger partial charge in [0.2, 0.25) is 0 Å². The van der Waals surface area contributed by atoms with Crippen molar-refractivity contribution in [2.45, 2.75) is 25.7 Å². The molecular formula is C15H24N4S. The van der Waals surface area contributed by atoms with Gasteiger partial charge in [-0.1, -0.05) is 12.2 Å². The third-order valence-electron chi connectivity index (χ3n) is 3.76. The molecule has 1 aromatic heterocycles. The van der Waals surface area contributed by atoms with Crippen LogP contribution in [0.25, 0.3) is 0 Å². The SMILES string of the molecule is CN(C)CCCN(C)c1nc2c(cc1C(N)=S)CCC2. The summed E-state index contributed by atoms with van der Waals surface area (Å²) in [4.78, 5) is 9.63. The van der Waals surface area contributed by atoms with Crippen molar-refractivity contribution in [2.24, 2.45) is 5.73 Å². The van der Waals surface area contributed by atoms with Crippen molar-refractivity contribution in [2.75, 3.05) is 39.1 Å². The van der Waals surface area contributed by atoms with E-state index in [1.165, 1.54) is 17.7 Å². The zero-order valence-electron chi connectivity index (χ0n) is 12.6. The maximum Gasteiger partial charge on any atom is 0.138 e. The van der Waals surface area contributed by atoms with Crippen LogP contribution in [-0.4, -0.2) is 49.1 Å². The Bertz CT molecular complexity index is 499. The van der Waals surface area contributed by atoms with Gasteiger partial charge < -0.3 is 15.5 Å². The smallest absolute Gasteiger partial charge is 0.138 e. The third kappa shape index (κ3) is 3.46. The second kappa shape index (κ2) is 6.50. The van der Waals surface area contributed by atoms with Crippen LogP contribution in [0.2, 0.25) is 0 Å². The lowest BCUT2D eigenvalue weighted by atomic mass is 10.1. The summed E-state index contributed by atoms with van der Waals surface area (Å²) in [5, 5.41) is 0. The fourth-order valence-corrected chi connectivity index (χ4v) is 2.81. The Morgan fingerprint density at radius 3 is 2.70 bits per heavy atom. The molecule has 2 N–H and O–H groups in total. The molecule has 1 aliphatic carbocycles. The number of nitrogens with two attached hydrogens (primary N) is 1. The number of fused-ring (bicyclic) bond motifs is 1. The van der Waals surface area contributed by atoms with Gasteiger partial charge in [0.25, 0.3) is 0 Å². The van der Waals surface area contributed by atoms with E-state index in [0.717, 1.165) is 43.7 Å². The lowest BCUT2D eigenvalue weighted by Gasteiger charge is -2.23. The molecule has 0 atom stereocenters. The van der Waals surface area contributed by atoms with E-state index in [4.69, 9.17) is 22.9 Å². The van der Waals surface area contributed by atoms with Crippen molar-refractivity contribution in [1.82, 2.24) is 9.88 Å². The number of anilines is 1. The number of hydrogen-bond acceptors (Lipinski definition) is 4. The van der Waals surface area contributed by atoms with Crippen molar-refractivity contribution in [3.63, 3.8) is 0 Å². The topological polar surface area (TPSA) is 45.4 Å². The Morgan fingerprint density at radius 1 is 1.30 bits per heavy atom. The molecule has 4 nitrogen and oxygen atoms in total. The lowest BCUT2D eigenvalue weighted by Crippen LogP contribution is -2.27. The Hall–Kier alpha value is -1.20. The molecule has 0 spiro atoms. The van der Waals surface area contributed by atoms with Crippen LogP contribution >= 0.6 is 12.2 Å². The largest absolute Gasteiger partial charge is 0.389 e. The third-order valence-corrected chi connectivity index (χ3v) is 3.98. The predicted octanol–water partition coefficient (Wildman–Crippen LogP) is 1.59. The number of rotatable bonds is 6. The van der Waals surface area contributed by atoms with Gasteiger partial charge in [0, 0.05) is 19.3 Å². The van der Waals surface area contributed by atoms with Crippen molar-refractivity contribution in [1.29, 1.82) is 0 Å². The Labute approximate surface area is 127 Å². The second-order valence-corrected chi connectivity index (χ2v) is 6.20. The summed E-state index contributed by atoms with van der Waals surface area (Å²) >= 11 is 5.20. The van der Waals surface area contributed by atoms with E-state index in [0.29, 0.717) is 4.99 Å². The second-order valence-electron chi connectivity index (χ2n) is 5.76. The van der Waals surface area contributed by atoms with E-state index in [2.05, 4.69) is 37.0 Å². The van der Waals surface area contributed by atoms with E-state index in [9.17, 15) is 0 Å². The quantitative estimate of drug-likeness (QED) is 0.807. The van der Waals surface area contributed by atoms with Crippen molar-refractivity contribution in [3.8, 4) is 0 Å². The number of aryl methyl sites for hydroxylation is 2. The van der Waals surface area contributed by atoms with Crippen LogP contribution in [0.4, 0.5) is 5.82 Å². The first-order valence-electron chi connectivity index (χ1n) is 7.17. The molecule has 20 heavy (non-hydrogen) atoms. The number of thiocarbonyl (C=S) groups is 1. The average Bonchev–Trinajstić information content (AvgIpc) is 2.83. The molecule has 110 valence electrons. The molecule has 0 saturated heterocycles. The zero-order valence-corrected chi connectivity index (χ0v) is 13.5. The Balaban J connectivity index is 2.18. The highest BCUT2D eigenvalue weighted by Gasteiger charge is 2.19. The first kappa shape index (κ1) is 15.2. The van der Waals surface area contributed by atoms with Crippen LogP contribution in [0.1, 0.15) is 29.7 Å². The minimum atomic E-state index is 0.446. The van der Waals surface area contributed by atoms with Crippen molar-refractivity contribution < 1.29 is 0 Å². The molecule has 2 rings (SSSR count).